The normalized spacial score (nSPS) is 14.4. The van der Waals surface area contributed by atoms with Crippen molar-refractivity contribution in [2.45, 2.75) is 66.5 Å². The Morgan fingerprint density at radius 1 is 1.20 bits per heavy atom. The number of aromatic nitrogens is 1. The van der Waals surface area contributed by atoms with Crippen molar-refractivity contribution in [1.82, 2.24) is 10.3 Å². The van der Waals surface area contributed by atoms with Crippen LogP contribution in [0.5, 0.6) is 0 Å². The van der Waals surface area contributed by atoms with E-state index in [-0.39, 0.29) is 10.8 Å². The number of hydrogen-bond acceptors (Lipinski definition) is 4. The summed E-state index contributed by atoms with van der Waals surface area (Å²) in [7, 11) is 4.15. The Kier molecular flexibility index (Phi) is 5.25. The maximum Gasteiger partial charge on any atom is 0.185 e. The Hall–Kier alpha value is -0.610. The molecule has 1 aromatic heterocycles. The fraction of sp³-hybridized carbons (Fsp3) is 0.812. The summed E-state index contributed by atoms with van der Waals surface area (Å²) in [6.07, 6.45) is 0. The first-order valence-corrected chi connectivity index (χ1v) is 8.17. The zero-order valence-corrected chi connectivity index (χ0v) is 15.4. The van der Waals surface area contributed by atoms with Crippen LogP contribution in [-0.4, -0.2) is 25.1 Å². The maximum absolute atomic E-state index is 4.94. The Morgan fingerprint density at radius 2 is 1.75 bits per heavy atom. The molecule has 1 rings (SSSR count). The second-order valence-electron chi connectivity index (χ2n) is 7.70. The van der Waals surface area contributed by atoms with Crippen molar-refractivity contribution in [1.29, 1.82) is 0 Å². The first-order chi connectivity index (χ1) is 8.98. The van der Waals surface area contributed by atoms with Crippen molar-refractivity contribution in [2.75, 3.05) is 19.0 Å². The van der Waals surface area contributed by atoms with Crippen molar-refractivity contribution in [3.8, 4) is 0 Å². The molecule has 0 saturated heterocycles. The smallest absolute Gasteiger partial charge is 0.185 e. The molecule has 1 heterocycles. The summed E-state index contributed by atoms with van der Waals surface area (Å²) in [5, 5.41) is 4.39. The Bertz CT molecular complexity index is 438. The van der Waals surface area contributed by atoms with Gasteiger partial charge in [0.2, 0.25) is 0 Å². The van der Waals surface area contributed by atoms with Gasteiger partial charge >= 0.3 is 0 Å². The lowest BCUT2D eigenvalue weighted by atomic mass is 9.87. The van der Waals surface area contributed by atoms with Crippen molar-refractivity contribution in [3.05, 3.63) is 10.6 Å². The molecule has 1 atom stereocenters. The third-order valence-corrected chi connectivity index (χ3v) is 5.02. The maximum atomic E-state index is 4.94. The van der Waals surface area contributed by atoms with Crippen molar-refractivity contribution in [3.63, 3.8) is 0 Å². The minimum atomic E-state index is 0.0900. The van der Waals surface area contributed by atoms with Gasteiger partial charge in [0.25, 0.3) is 0 Å². The molecule has 0 radical (unpaired) electrons. The number of nitrogens with zero attached hydrogens (tertiary/aromatic N) is 2. The zero-order chi connectivity index (χ0) is 15.7. The molecule has 0 aliphatic carbocycles. The average molecular weight is 298 g/mol. The van der Waals surface area contributed by atoms with Crippen LogP contribution >= 0.6 is 11.3 Å². The zero-order valence-electron chi connectivity index (χ0n) is 14.6. The third-order valence-electron chi connectivity index (χ3n) is 3.87. The number of thiazole rings is 1. The monoisotopic (exact) mass is 297 g/mol. The highest BCUT2D eigenvalue weighted by atomic mass is 32.1. The van der Waals surface area contributed by atoms with Gasteiger partial charge < -0.3 is 10.2 Å². The van der Waals surface area contributed by atoms with Gasteiger partial charge in [0.05, 0.1) is 5.69 Å². The predicted molar refractivity (Wildman–Crippen MR) is 90.9 cm³/mol. The van der Waals surface area contributed by atoms with Crippen LogP contribution in [-0.2, 0) is 12.0 Å². The molecular formula is C16H31N3S. The van der Waals surface area contributed by atoms with E-state index in [1.807, 2.05) is 18.4 Å². The van der Waals surface area contributed by atoms with Gasteiger partial charge in [-0.2, -0.15) is 0 Å². The van der Waals surface area contributed by atoms with Crippen molar-refractivity contribution in [2.24, 2.45) is 5.41 Å². The molecule has 0 aliphatic rings. The van der Waals surface area contributed by atoms with Crippen LogP contribution in [0.4, 0.5) is 5.13 Å². The molecule has 0 spiro atoms. The third kappa shape index (κ3) is 3.95. The van der Waals surface area contributed by atoms with E-state index in [0.29, 0.717) is 6.04 Å². The summed E-state index contributed by atoms with van der Waals surface area (Å²) in [4.78, 5) is 8.61. The molecule has 4 heteroatoms. The summed E-state index contributed by atoms with van der Waals surface area (Å²) < 4.78 is 0. The van der Waals surface area contributed by atoms with E-state index in [9.17, 15) is 0 Å². The number of rotatable bonds is 4. The summed E-state index contributed by atoms with van der Waals surface area (Å²) in [5.74, 6) is 0. The molecule has 0 aromatic carbocycles. The Labute approximate surface area is 128 Å². The predicted octanol–water partition coefficient (Wildman–Crippen LogP) is 4.03. The highest BCUT2D eigenvalue weighted by Gasteiger charge is 2.29. The first-order valence-electron chi connectivity index (χ1n) is 7.36. The number of hydrogen-bond donors (Lipinski definition) is 1. The van der Waals surface area contributed by atoms with E-state index in [1.165, 1.54) is 10.6 Å². The molecule has 0 aliphatic heterocycles. The lowest BCUT2D eigenvalue weighted by molar-refractivity contribution is 0.329. The van der Waals surface area contributed by atoms with Gasteiger partial charge in [-0.1, -0.05) is 41.5 Å². The van der Waals surface area contributed by atoms with Crippen LogP contribution in [0.25, 0.3) is 0 Å². The van der Waals surface area contributed by atoms with E-state index in [4.69, 9.17) is 4.98 Å². The van der Waals surface area contributed by atoms with Gasteiger partial charge in [0.1, 0.15) is 0 Å². The minimum Gasteiger partial charge on any atom is -0.348 e. The van der Waals surface area contributed by atoms with Gasteiger partial charge in [0.15, 0.2) is 5.13 Å². The second kappa shape index (κ2) is 6.02. The molecule has 1 unspecified atom stereocenters. The molecule has 20 heavy (non-hydrogen) atoms. The van der Waals surface area contributed by atoms with Gasteiger partial charge in [-0.25, -0.2) is 4.98 Å². The molecule has 1 N–H and O–H groups in total. The molecular weight excluding hydrogens is 266 g/mol. The standard InChI is InChI=1S/C16H31N3S/c1-11(15(2,3)4)19(9)14-18-13(16(5,6)7)12(20-14)10-17-8/h11,17H,10H2,1-9H3. The van der Waals surface area contributed by atoms with Crippen molar-refractivity contribution >= 4 is 16.5 Å². The summed E-state index contributed by atoms with van der Waals surface area (Å²) >= 11 is 1.82. The fourth-order valence-electron chi connectivity index (χ4n) is 2.10. The lowest BCUT2D eigenvalue weighted by Gasteiger charge is -2.35. The van der Waals surface area contributed by atoms with Crippen LogP contribution in [0.1, 0.15) is 59.0 Å². The van der Waals surface area contributed by atoms with E-state index in [2.05, 4.69) is 65.7 Å². The largest absolute Gasteiger partial charge is 0.348 e. The molecule has 1 aromatic rings. The highest BCUT2D eigenvalue weighted by Crippen LogP contribution is 2.36. The highest BCUT2D eigenvalue weighted by molar-refractivity contribution is 7.15. The molecule has 0 saturated carbocycles. The quantitative estimate of drug-likeness (QED) is 0.909. The van der Waals surface area contributed by atoms with Crippen LogP contribution in [0.2, 0.25) is 0 Å². The molecule has 3 nitrogen and oxygen atoms in total. The summed E-state index contributed by atoms with van der Waals surface area (Å²) in [6.45, 7) is 16.7. The van der Waals surface area contributed by atoms with Gasteiger partial charge in [-0.05, 0) is 19.4 Å². The fourth-order valence-corrected chi connectivity index (χ4v) is 3.43. The van der Waals surface area contributed by atoms with Crippen LogP contribution in [0, 0.1) is 5.41 Å². The second-order valence-corrected chi connectivity index (χ2v) is 8.76. The number of anilines is 1. The molecule has 116 valence electrons. The lowest BCUT2D eigenvalue weighted by Crippen LogP contribution is -2.39. The Balaban J connectivity index is 3.14. The van der Waals surface area contributed by atoms with E-state index < -0.39 is 0 Å². The minimum absolute atomic E-state index is 0.0900. The topological polar surface area (TPSA) is 28.2 Å². The van der Waals surface area contributed by atoms with Crippen LogP contribution in [0.15, 0.2) is 0 Å². The van der Waals surface area contributed by atoms with Gasteiger partial charge in [-0.15, -0.1) is 11.3 Å². The van der Waals surface area contributed by atoms with Gasteiger partial charge in [0, 0.05) is 29.9 Å². The molecule has 0 bridgehead atoms. The van der Waals surface area contributed by atoms with Crippen LogP contribution < -0.4 is 10.2 Å². The number of nitrogens with one attached hydrogen (secondary N) is 1. The van der Waals surface area contributed by atoms with Crippen LogP contribution in [0.3, 0.4) is 0 Å². The molecule has 0 fully saturated rings. The molecule has 0 amide bonds. The summed E-state index contributed by atoms with van der Waals surface area (Å²) in [6, 6.07) is 0.448. The first kappa shape index (κ1) is 17.4. The Morgan fingerprint density at radius 3 is 2.15 bits per heavy atom. The van der Waals surface area contributed by atoms with E-state index >= 15 is 0 Å². The van der Waals surface area contributed by atoms with Gasteiger partial charge in [-0.3, -0.25) is 0 Å². The average Bonchev–Trinajstić information content (AvgIpc) is 2.70. The summed E-state index contributed by atoms with van der Waals surface area (Å²) in [5.41, 5.74) is 1.55. The van der Waals surface area contributed by atoms with Crippen molar-refractivity contribution < 1.29 is 0 Å². The van der Waals surface area contributed by atoms with E-state index in [1.54, 1.807) is 0 Å². The van der Waals surface area contributed by atoms with E-state index in [0.717, 1.165) is 11.7 Å². The SMILES string of the molecule is CNCc1sc(N(C)C(C)C(C)(C)C)nc1C(C)(C)C.